The molecule has 1 saturated heterocycles. The molecule has 0 bridgehead atoms. The average molecular weight is 539 g/mol. The SMILES string of the molecule is CC1(C)O[C@@H]2CC3C4CCC5=CC(=O)C=C[C@]5(C)C4C(O)C[C@]3(C)[C@]2(C(=O)COC(=O)CCC(=O)[O-])O1.[Na+]. The zero-order chi connectivity index (χ0) is 27.0. The second kappa shape index (κ2) is 9.93. The number of fused-ring (bicyclic) bond motifs is 7. The molecule has 5 aliphatic rings. The molecule has 0 aromatic carbocycles. The molecule has 4 fully saturated rings. The number of carboxylic acids is 1. The van der Waals surface area contributed by atoms with Crippen molar-refractivity contribution in [1.82, 2.24) is 0 Å². The van der Waals surface area contributed by atoms with Gasteiger partial charge in [0.2, 0.25) is 5.78 Å². The van der Waals surface area contributed by atoms with Crippen LogP contribution in [0.3, 0.4) is 0 Å². The van der Waals surface area contributed by atoms with E-state index in [0.29, 0.717) is 12.8 Å². The Bertz CT molecular complexity index is 1110. The van der Waals surface area contributed by atoms with Crippen LogP contribution >= 0.6 is 0 Å². The van der Waals surface area contributed by atoms with Gasteiger partial charge in [-0.1, -0.05) is 25.5 Å². The van der Waals surface area contributed by atoms with Gasteiger partial charge in [-0.25, -0.2) is 0 Å². The van der Waals surface area contributed by atoms with Crippen molar-refractivity contribution in [3.8, 4) is 0 Å². The topological polar surface area (TPSA) is 139 Å². The van der Waals surface area contributed by atoms with Crippen LogP contribution in [0.2, 0.25) is 0 Å². The van der Waals surface area contributed by atoms with Crippen molar-refractivity contribution in [1.29, 1.82) is 0 Å². The van der Waals surface area contributed by atoms with Gasteiger partial charge in [0, 0.05) is 22.7 Å². The predicted octanol–water partition coefficient (Wildman–Crippen LogP) is -1.59. The fourth-order valence-corrected chi connectivity index (χ4v) is 8.45. The molecule has 4 aliphatic carbocycles. The molecular weight excluding hydrogens is 503 g/mol. The summed E-state index contributed by atoms with van der Waals surface area (Å²) in [6.45, 7) is 6.99. The molecule has 1 aliphatic heterocycles. The van der Waals surface area contributed by atoms with Crippen molar-refractivity contribution < 1.29 is 73.2 Å². The number of allylic oxidation sites excluding steroid dienone is 4. The van der Waals surface area contributed by atoms with E-state index in [4.69, 9.17) is 14.2 Å². The first kappa shape index (κ1) is 29.6. The van der Waals surface area contributed by atoms with E-state index in [1.807, 2.05) is 13.0 Å². The van der Waals surface area contributed by atoms with Crippen LogP contribution in [0.4, 0.5) is 0 Å². The molecule has 8 atom stereocenters. The van der Waals surface area contributed by atoms with Crippen LogP contribution in [0, 0.1) is 28.6 Å². The summed E-state index contributed by atoms with van der Waals surface area (Å²) in [5.74, 6) is -3.72. The number of carbonyl (C=O) groups excluding carboxylic acids is 4. The zero-order valence-corrected chi connectivity index (χ0v) is 24.8. The number of aliphatic hydroxyl groups excluding tert-OH is 1. The molecule has 5 rings (SSSR count). The van der Waals surface area contributed by atoms with Crippen molar-refractivity contribution in [2.24, 2.45) is 28.6 Å². The van der Waals surface area contributed by atoms with Crippen molar-refractivity contribution in [3.63, 3.8) is 0 Å². The molecule has 202 valence electrons. The zero-order valence-electron chi connectivity index (χ0n) is 22.8. The number of hydrogen-bond acceptors (Lipinski definition) is 9. The minimum atomic E-state index is -1.42. The number of aliphatic hydroxyl groups is 1. The number of Topliss-reactive ketones (excluding diaryl/α,β-unsaturated/α-hetero) is 1. The van der Waals surface area contributed by atoms with Crippen LogP contribution in [0.25, 0.3) is 0 Å². The fourth-order valence-electron chi connectivity index (χ4n) is 8.45. The Morgan fingerprint density at radius 1 is 1.18 bits per heavy atom. The first-order valence-electron chi connectivity index (χ1n) is 13.1. The van der Waals surface area contributed by atoms with Gasteiger partial charge in [-0.05, 0) is 69.9 Å². The number of ether oxygens (including phenoxy) is 3. The van der Waals surface area contributed by atoms with Crippen molar-refractivity contribution in [2.45, 2.75) is 89.8 Å². The second-order valence-corrected chi connectivity index (χ2v) is 12.2. The van der Waals surface area contributed by atoms with Gasteiger partial charge in [0.1, 0.15) is 0 Å². The Labute approximate surface area is 244 Å². The smallest absolute Gasteiger partial charge is 0.550 e. The summed E-state index contributed by atoms with van der Waals surface area (Å²) in [5, 5.41) is 22.3. The number of ketones is 2. The molecule has 0 aromatic rings. The average Bonchev–Trinajstić information content (AvgIpc) is 3.22. The quantitative estimate of drug-likeness (QED) is 0.313. The molecule has 0 amide bonds. The second-order valence-electron chi connectivity index (χ2n) is 12.2. The van der Waals surface area contributed by atoms with Crippen molar-refractivity contribution in [3.05, 3.63) is 23.8 Å². The molecule has 9 nitrogen and oxygen atoms in total. The molecule has 3 saturated carbocycles. The first-order valence-corrected chi connectivity index (χ1v) is 13.1. The molecule has 1 N–H and O–H groups in total. The maximum Gasteiger partial charge on any atom is 1.00 e. The number of rotatable bonds is 6. The summed E-state index contributed by atoms with van der Waals surface area (Å²) in [6.07, 6.45) is 5.40. The Morgan fingerprint density at radius 3 is 2.58 bits per heavy atom. The van der Waals surface area contributed by atoms with Gasteiger partial charge >= 0.3 is 35.5 Å². The maximum absolute atomic E-state index is 13.9. The van der Waals surface area contributed by atoms with Gasteiger partial charge in [0.15, 0.2) is 23.8 Å². The fraction of sp³-hybridized carbons (Fsp3) is 0.714. The summed E-state index contributed by atoms with van der Waals surface area (Å²) in [6, 6.07) is 0. The third-order valence-electron chi connectivity index (χ3n) is 9.80. The monoisotopic (exact) mass is 538 g/mol. The number of esters is 1. The molecular formula is C28H35NaO9. The number of hydrogen-bond donors (Lipinski definition) is 1. The van der Waals surface area contributed by atoms with E-state index in [1.54, 1.807) is 26.0 Å². The molecule has 4 unspecified atom stereocenters. The third kappa shape index (κ3) is 4.38. The standard InChI is InChI=1S/C28H36O9.Na/c1-25(2)36-21-12-18-17-6-5-15-11-16(29)9-10-26(15,3)24(17)19(30)13-27(18,4)28(21,37-25)20(31)14-35-23(34)8-7-22(32)33;/h9-11,17-19,21,24,30H,5-8,12-14H2,1-4H3,(H,32,33);/q;+1/p-1/t17?,18?,19?,21-,24?,26+,27+,28-;/m1./s1. The van der Waals surface area contributed by atoms with Crippen LogP contribution in [-0.4, -0.2) is 58.8 Å². The normalized spacial score (nSPS) is 42.1. The van der Waals surface area contributed by atoms with Crippen molar-refractivity contribution >= 4 is 23.5 Å². The Hall–Kier alpha value is -1.36. The number of aliphatic carboxylic acids is 1. The van der Waals surface area contributed by atoms with Crippen LogP contribution in [0.5, 0.6) is 0 Å². The largest absolute Gasteiger partial charge is 1.00 e. The Kier molecular flexibility index (Phi) is 7.74. The third-order valence-corrected chi connectivity index (χ3v) is 9.80. The summed E-state index contributed by atoms with van der Waals surface area (Å²) >= 11 is 0. The first-order chi connectivity index (χ1) is 17.2. The summed E-state index contributed by atoms with van der Waals surface area (Å²) < 4.78 is 17.9. The number of carboxylic acid groups (broad SMARTS) is 1. The van der Waals surface area contributed by atoms with Gasteiger partial charge in [-0.3, -0.25) is 14.4 Å². The maximum atomic E-state index is 13.9. The van der Waals surface area contributed by atoms with Crippen LogP contribution in [0.15, 0.2) is 23.8 Å². The minimum absolute atomic E-state index is 0. The van der Waals surface area contributed by atoms with Crippen LogP contribution in [0.1, 0.15) is 66.2 Å². The molecule has 0 aromatic heterocycles. The van der Waals surface area contributed by atoms with E-state index in [-0.39, 0.29) is 59.5 Å². The predicted molar refractivity (Wildman–Crippen MR) is 126 cm³/mol. The molecule has 10 heteroatoms. The van der Waals surface area contributed by atoms with Crippen molar-refractivity contribution in [2.75, 3.05) is 6.61 Å². The summed E-state index contributed by atoms with van der Waals surface area (Å²) in [7, 11) is 0. The van der Waals surface area contributed by atoms with Gasteiger partial charge in [-0.2, -0.15) is 0 Å². The van der Waals surface area contributed by atoms with E-state index in [1.165, 1.54) is 0 Å². The summed E-state index contributed by atoms with van der Waals surface area (Å²) in [5.41, 5.74) is -1.60. The molecule has 1 heterocycles. The van der Waals surface area contributed by atoms with E-state index in [0.717, 1.165) is 18.4 Å². The van der Waals surface area contributed by atoms with E-state index in [2.05, 4.69) is 6.92 Å². The summed E-state index contributed by atoms with van der Waals surface area (Å²) in [4.78, 5) is 48.7. The van der Waals surface area contributed by atoms with Gasteiger partial charge in [-0.15, -0.1) is 0 Å². The van der Waals surface area contributed by atoms with Crippen LogP contribution < -0.4 is 34.7 Å². The van der Waals surface area contributed by atoms with Gasteiger partial charge in [0.25, 0.3) is 0 Å². The van der Waals surface area contributed by atoms with Gasteiger partial charge < -0.3 is 29.2 Å². The van der Waals surface area contributed by atoms with E-state index >= 15 is 0 Å². The molecule has 0 radical (unpaired) electrons. The number of carbonyl (C=O) groups is 4. The minimum Gasteiger partial charge on any atom is -0.550 e. The van der Waals surface area contributed by atoms with Crippen LogP contribution in [-0.2, 0) is 33.4 Å². The Morgan fingerprint density at radius 2 is 1.89 bits per heavy atom. The van der Waals surface area contributed by atoms with E-state index in [9.17, 15) is 29.4 Å². The molecule has 38 heavy (non-hydrogen) atoms. The Balaban J connectivity index is 0.00000336. The van der Waals surface area contributed by atoms with Gasteiger partial charge in [0.05, 0.1) is 18.6 Å². The van der Waals surface area contributed by atoms with E-state index < -0.39 is 65.2 Å². The molecule has 0 spiro atoms.